The number of halogens is 2. The zero-order valence-corrected chi connectivity index (χ0v) is 16.2. The Morgan fingerprint density at radius 3 is 2.44 bits per heavy atom. The number of aliphatic hydroxyl groups excluding tert-OH is 3. The average Bonchev–Trinajstić information content (AvgIpc) is 2.69. The molecule has 0 amide bonds. The number of rotatable bonds is 5. The van der Waals surface area contributed by atoms with Crippen LogP contribution in [0.1, 0.15) is 42.9 Å². The maximum atomic E-state index is 13.1. The van der Waals surface area contributed by atoms with Crippen LogP contribution in [0.25, 0.3) is 0 Å². The Bertz CT molecular complexity index is 620. The van der Waals surface area contributed by atoms with Gasteiger partial charge in [-0.3, -0.25) is 0 Å². The third-order valence-corrected chi connectivity index (χ3v) is 6.27. The molecule has 1 aliphatic carbocycles. The van der Waals surface area contributed by atoms with Crippen LogP contribution in [0.4, 0.5) is 4.39 Å². The maximum Gasteiger partial charge on any atom is 0.118 e. The Balaban J connectivity index is 1.74. The van der Waals surface area contributed by atoms with E-state index in [1.165, 1.54) is 0 Å². The fourth-order valence-corrected chi connectivity index (χ4v) is 4.36. The highest BCUT2D eigenvalue weighted by molar-refractivity contribution is 6.31. The second-order valence-corrected chi connectivity index (χ2v) is 8.06. The average molecular weight is 403 g/mol. The van der Waals surface area contributed by atoms with Crippen LogP contribution in [0.2, 0.25) is 5.02 Å². The number of aliphatic hydroxyl groups is 3. The van der Waals surface area contributed by atoms with Crippen molar-refractivity contribution in [3.8, 4) is 0 Å². The summed E-state index contributed by atoms with van der Waals surface area (Å²) in [6, 6.07) is 5.31. The van der Waals surface area contributed by atoms with Crippen LogP contribution < -0.4 is 0 Å². The lowest BCUT2D eigenvalue weighted by atomic mass is 9.82. The van der Waals surface area contributed by atoms with Gasteiger partial charge in [0.25, 0.3) is 0 Å². The molecule has 5 nitrogen and oxygen atoms in total. The summed E-state index contributed by atoms with van der Waals surface area (Å²) >= 11 is 6.38. The minimum absolute atomic E-state index is 0.333. The Labute approximate surface area is 164 Å². The Morgan fingerprint density at radius 1 is 1.11 bits per heavy atom. The summed E-state index contributed by atoms with van der Waals surface area (Å²) in [6.07, 6.45) is -1.00. The van der Waals surface area contributed by atoms with Gasteiger partial charge in [-0.15, -0.1) is 0 Å². The largest absolute Gasteiger partial charge is 0.387 e. The van der Waals surface area contributed by atoms with Gasteiger partial charge in [-0.25, -0.2) is 4.39 Å². The predicted molar refractivity (Wildman–Crippen MR) is 99.5 cm³/mol. The minimum atomic E-state index is -1.46. The number of ether oxygens (including phenoxy) is 2. The molecule has 1 aliphatic heterocycles. The summed E-state index contributed by atoms with van der Waals surface area (Å²) in [7, 11) is 1.75. The first-order valence-corrected chi connectivity index (χ1v) is 9.89. The lowest BCUT2D eigenvalue weighted by Crippen LogP contribution is -2.54. The smallest absolute Gasteiger partial charge is 0.118 e. The summed E-state index contributed by atoms with van der Waals surface area (Å²) in [5.41, 5.74) is 1.57. The highest BCUT2D eigenvalue weighted by Crippen LogP contribution is 2.36. The molecule has 0 aromatic heterocycles. The van der Waals surface area contributed by atoms with E-state index in [2.05, 4.69) is 0 Å². The van der Waals surface area contributed by atoms with Gasteiger partial charge in [0.05, 0.1) is 6.10 Å². The van der Waals surface area contributed by atoms with Crippen LogP contribution in [0, 0.1) is 5.92 Å². The summed E-state index contributed by atoms with van der Waals surface area (Å²) in [4.78, 5) is 0. The van der Waals surface area contributed by atoms with Gasteiger partial charge >= 0.3 is 0 Å². The molecule has 152 valence electrons. The quantitative estimate of drug-likeness (QED) is 0.705. The van der Waals surface area contributed by atoms with Crippen molar-refractivity contribution < 1.29 is 29.2 Å². The topological polar surface area (TPSA) is 79.2 Å². The summed E-state index contributed by atoms with van der Waals surface area (Å²) in [6.45, 7) is -0.940. The molecular formula is C20H28ClFO5. The van der Waals surface area contributed by atoms with Gasteiger partial charge in [0.15, 0.2) is 0 Å². The van der Waals surface area contributed by atoms with Crippen molar-refractivity contribution in [1.29, 1.82) is 0 Å². The molecular weight excluding hydrogens is 375 g/mol. The van der Waals surface area contributed by atoms with Crippen LogP contribution in [-0.4, -0.2) is 59.6 Å². The van der Waals surface area contributed by atoms with Crippen LogP contribution in [0.5, 0.6) is 0 Å². The third-order valence-electron chi connectivity index (χ3n) is 5.90. The molecule has 0 radical (unpaired) electrons. The standard InChI is InChI=1S/C20H28ClFO5/c1-26-14-5-2-11(3-6-14)8-13-9-12(4-7-15(13)21)20-19(25)18(24)17(23)16(10-22)27-20/h4,7,9,11,14,16-20,23-25H,2-3,5-6,8,10H2,1H3/t11?,14?,16-,17-,18+,19-,20+/m1/s1. The van der Waals surface area contributed by atoms with Gasteiger partial charge < -0.3 is 24.8 Å². The zero-order chi connectivity index (χ0) is 19.6. The normalized spacial score (nSPS) is 37.3. The molecule has 1 saturated carbocycles. The Hall–Kier alpha value is -0.760. The Kier molecular flexibility index (Phi) is 7.11. The molecule has 3 rings (SSSR count). The molecule has 1 aromatic carbocycles. The number of hydrogen-bond acceptors (Lipinski definition) is 5. The van der Waals surface area contributed by atoms with Crippen molar-refractivity contribution in [3.63, 3.8) is 0 Å². The molecule has 1 aromatic rings. The molecule has 1 heterocycles. The van der Waals surface area contributed by atoms with E-state index in [-0.39, 0.29) is 0 Å². The van der Waals surface area contributed by atoms with Crippen LogP contribution in [0.3, 0.4) is 0 Å². The Morgan fingerprint density at radius 2 is 1.81 bits per heavy atom. The molecule has 1 saturated heterocycles. The zero-order valence-electron chi connectivity index (χ0n) is 15.4. The highest BCUT2D eigenvalue weighted by Gasteiger charge is 2.44. The highest BCUT2D eigenvalue weighted by atomic mass is 35.5. The van der Waals surface area contributed by atoms with E-state index < -0.39 is 37.2 Å². The number of hydrogen-bond donors (Lipinski definition) is 3. The maximum absolute atomic E-state index is 13.1. The predicted octanol–water partition coefficient (Wildman–Crippen LogP) is 2.58. The van der Waals surface area contributed by atoms with Gasteiger partial charge in [0, 0.05) is 12.1 Å². The van der Waals surface area contributed by atoms with Crippen LogP contribution in [-0.2, 0) is 15.9 Å². The van der Waals surface area contributed by atoms with Crippen molar-refractivity contribution in [2.45, 2.75) is 68.7 Å². The van der Waals surface area contributed by atoms with E-state index in [4.69, 9.17) is 21.1 Å². The molecule has 0 unspecified atom stereocenters. The number of methoxy groups -OCH3 is 1. The van der Waals surface area contributed by atoms with Gasteiger partial charge in [-0.05, 0) is 55.2 Å². The first kappa shape index (κ1) is 21.0. The second kappa shape index (κ2) is 9.16. The summed E-state index contributed by atoms with van der Waals surface area (Å²) in [5, 5.41) is 30.8. The SMILES string of the molecule is COC1CCC(Cc2cc([C@@H]3O[C@H](CF)[C@@H](O)[C@H](O)[C@H]3O)ccc2Cl)CC1. The monoisotopic (exact) mass is 402 g/mol. The van der Waals surface area contributed by atoms with Crippen molar-refractivity contribution in [1.82, 2.24) is 0 Å². The fraction of sp³-hybridized carbons (Fsp3) is 0.700. The van der Waals surface area contributed by atoms with Gasteiger partial charge in [-0.2, -0.15) is 0 Å². The van der Waals surface area contributed by atoms with Crippen molar-refractivity contribution >= 4 is 11.6 Å². The molecule has 27 heavy (non-hydrogen) atoms. The van der Waals surface area contributed by atoms with Gasteiger partial charge in [0.2, 0.25) is 0 Å². The molecule has 0 spiro atoms. The summed E-state index contributed by atoms with van der Waals surface area (Å²) in [5.74, 6) is 0.507. The third kappa shape index (κ3) is 4.63. The van der Waals surface area contributed by atoms with Gasteiger partial charge in [0.1, 0.15) is 37.2 Å². The van der Waals surface area contributed by atoms with E-state index in [1.54, 1.807) is 19.2 Å². The van der Waals surface area contributed by atoms with Gasteiger partial charge in [-0.1, -0.05) is 23.7 Å². The fourth-order valence-electron chi connectivity index (χ4n) is 4.16. The second-order valence-electron chi connectivity index (χ2n) is 7.65. The molecule has 2 aliphatic rings. The van der Waals surface area contributed by atoms with Crippen molar-refractivity contribution in [2.24, 2.45) is 5.92 Å². The number of alkyl halides is 1. The van der Waals surface area contributed by atoms with Crippen molar-refractivity contribution in [2.75, 3.05) is 13.8 Å². The molecule has 0 bridgehead atoms. The minimum Gasteiger partial charge on any atom is -0.387 e. The van der Waals surface area contributed by atoms with E-state index in [0.717, 1.165) is 37.7 Å². The van der Waals surface area contributed by atoms with E-state index >= 15 is 0 Å². The number of benzene rings is 1. The molecule has 3 N–H and O–H groups in total. The summed E-state index contributed by atoms with van der Waals surface area (Å²) < 4.78 is 24.1. The first-order chi connectivity index (χ1) is 12.9. The van der Waals surface area contributed by atoms with Crippen molar-refractivity contribution in [3.05, 3.63) is 34.3 Å². The molecule has 5 atom stereocenters. The first-order valence-electron chi connectivity index (χ1n) is 9.51. The lowest BCUT2D eigenvalue weighted by molar-refractivity contribution is -0.227. The molecule has 7 heteroatoms. The lowest BCUT2D eigenvalue weighted by Gasteiger charge is -2.40. The van der Waals surface area contributed by atoms with E-state index in [9.17, 15) is 19.7 Å². The molecule has 2 fully saturated rings. The van der Waals surface area contributed by atoms with Crippen LogP contribution >= 0.6 is 11.6 Å². The van der Waals surface area contributed by atoms with E-state index in [0.29, 0.717) is 22.6 Å². The van der Waals surface area contributed by atoms with Crippen LogP contribution in [0.15, 0.2) is 18.2 Å². The van der Waals surface area contributed by atoms with E-state index in [1.807, 2.05) is 6.07 Å².